The third-order valence-electron chi connectivity index (χ3n) is 4.35. The normalized spacial score (nSPS) is 27.1. The molecule has 0 aromatic carbocycles. The van der Waals surface area contributed by atoms with Crippen molar-refractivity contribution in [2.75, 3.05) is 26.7 Å². The molecule has 1 N–H and O–H groups in total. The van der Waals surface area contributed by atoms with Crippen molar-refractivity contribution in [2.24, 2.45) is 0 Å². The van der Waals surface area contributed by atoms with Gasteiger partial charge in [-0.3, -0.25) is 4.79 Å². The van der Waals surface area contributed by atoms with E-state index in [-0.39, 0.29) is 17.6 Å². The minimum Gasteiger partial charge on any atom is -0.376 e. The average Bonchev–Trinajstić information content (AvgIpc) is 2.34. The van der Waals surface area contributed by atoms with Gasteiger partial charge >= 0.3 is 0 Å². The zero-order chi connectivity index (χ0) is 13.0. The van der Waals surface area contributed by atoms with Crippen LogP contribution in [0.3, 0.4) is 0 Å². The fourth-order valence-corrected chi connectivity index (χ4v) is 2.95. The first-order valence-corrected chi connectivity index (χ1v) is 7.28. The molecule has 2 fully saturated rings. The zero-order valence-electron chi connectivity index (χ0n) is 11.7. The van der Waals surface area contributed by atoms with Gasteiger partial charge in [0.05, 0.1) is 11.6 Å². The first-order chi connectivity index (χ1) is 8.71. The molecule has 1 unspecified atom stereocenters. The third kappa shape index (κ3) is 2.86. The van der Waals surface area contributed by atoms with E-state index in [4.69, 9.17) is 4.74 Å². The summed E-state index contributed by atoms with van der Waals surface area (Å²) in [6.45, 7) is 4.74. The lowest BCUT2D eigenvalue weighted by atomic mass is 9.79. The Morgan fingerprint density at radius 2 is 2.22 bits per heavy atom. The summed E-state index contributed by atoms with van der Waals surface area (Å²) < 4.78 is 5.63. The number of carbonyl (C=O) groups is 1. The number of hydrogen-bond acceptors (Lipinski definition) is 3. The van der Waals surface area contributed by atoms with Crippen molar-refractivity contribution < 1.29 is 9.53 Å². The first kappa shape index (κ1) is 13.8. The van der Waals surface area contributed by atoms with E-state index >= 15 is 0 Å². The molecule has 0 aromatic rings. The van der Waals surface area contributed by atoms with Crippen molar-refractivity contribution in [2.45, 2.75) is 57.1 Å². The molecule has 2 aliphatic rings. The predicted molar refractivity (Wildman–Crippen MR) is 71.5 cm³/mol. The van der Waals surface area contributed by atoms with Gasteiger partial charge in [0.1, 0.15) is 0 Å². The van der Waals surface area contributed by atoms with Crippen LogP contribution in [0.4, 0.5) is 0 Å². The van der Waals surface area contributed by atoms with Crippen LogP contribution < -0.4 is 5.32 Å². The van der Waals surface area contributed by atoms with Crippen LogP contribution in [0, 0.1) is 0 Å². The van der Waals surface area contributed by atoms with Gasteiger partial charge in [0.25, 0.3) is 0 Å². The molecule has 0 aromatic heterocycles. The summed E-state index contributed by atoms with van der Waals surface area (Å²) in [7, 11) is 1.78. The van der Waals surface area contributed by atoms with E-state index in [0.29, 0.717) is 0 Å². The van der Waals surface area contributed by atoms with Gasteiger partial charge in [-0.25, -0.2) is 0 Å². The Kier molecular flexibility index (Phi) is 4.62. The molecule has 18 heavy (non-hydrogen) atoms. The van der Waals surface area contributed by atoms with Gasteiger partial charge in [0.2, 0.25) is 5.91 Å². The maximum absolute atomic E-state index is 12.4. The molecule has 0 radical (unpaired) electrons. The second kappa shape index (κ2) is 6.02. The molecular formula is C14H26N2O2. The number of carbonyl (C=O) groups excluding carboxylic acids is 1. The van der Waals surface area contributed by atoms with Gasteiger partial charge in [-0.2, -0.15) is 0 Å². The minimum atomic E-state index is -0.0394. The van der Waals surface area contributed by atoms with E-state index in [1.54, 1.807) is 7.11 Å². The summed E-state index contributed by atoms with van der Waals surface area (Å²) in [6.07, 6.45) is 6.59. The number of methoxy groups -OCH3 is 1. The number of piperidine rings is 1. The molecule has 1 saturated heterocycles. The highest BCUT2D eigenvalue weighted by molar-refractivity contribution is 5.82. The second-order valence-corrected chi connectivity index (χ2v) is 5.65. The number of likely N-dealkylation sites (tertiary alicyclic amines) is 1. The lowest BCUT2D eigenvalue weighted by Crippen LogP contribution is -2.57. The van der Waals surface area contributed by atoms with Crippen LogP contribution in [-0.4, -0.2) is 49.2 Å². The Morgan fingerprint density at radius 1 is 1.44 bits per heavy atom. The van der Waals surface area contributed by atoms with Crippen molar-refractivity contribution in [3.8, 4) is 0 Å². The molecular weight excluding hydrogens is 228 g/mol. The molecule has 1 amide bonds. The lowest BCUT2D eigenvalue weighted by molar-refractivity contribution is -0.146. The SMILES string of the molecule is CCCNC1CCCN(CC2(OC)CCC2)C1=O. The number of rotatable bonds is 6. The molecule has 1 aliphatic carbocycles. The van der Waals surface area contributed by atoms with Crippen LogP contribution in [-0.2, 0) is 9.53 Å². The molecule has 4 heteroatoms. The Morgan fingerprint density at radius 3 is 2.78 bits per heavy atom. The van der Waals surface area contributed by atoms with E-state index in [0.717, 1.165) is 51.7 Å². The fourth-order valence-electron chi connectivity index (χ4n) is 2.95. The van der Waals surface area contributed by atoms with Crippen LogP contribution in [0.5, 0.6) is 0 Å². The summed E-state index contributed by atoms with van der Waals surface area (Å²) >= 11 is 0. The van der Waals surface area contributed by atoms with Crippen LogP contribution in [0.15, 0.2) is 0 Å². The first-order valence-electron chi connectivity index (χ1n) is 7.28. The average molecular weight is 254 g/mol. The van der Waals surface area contributed by atoms with E-state index in [9.17, 15) is 4.79 Å². The van der Waals surface area contributed by atoms with Gasteiger partial charge in [-0.1, -0.05) is 6.92 Å². The summed E-state index contributed by atoms with van der Waals surface area (Å²) in [5.74, 6) is 0.276. The zero-order valence-corrected chi connectivity index (χ0v) is 11.7. The predicted octanol–water partition coefficient (Wildman–Crippen LogP) is 1.55. The third-order valence-corrected chi connectivity index (χ3v) is 4.35. The monoisotopic (exact) mass is 254 g/mol. The van der Waals surface area contributed by atoms with Gasteiger partial charge in [0.15, 0.2) is 0 Å². The maximum Gasteiger partial charge on any atom is 0.239 e. The van der Waals surface area contributed by atoms with Gasteiger partial charge in [-0.05, 0) is 45.1 Å². The quantitative estimate of drug-likeness (QED) is 0.782. The molecule has 1 atom stereocenters. The van der Waals surface area contributed by atoms with Crippen LogP contribution in [0.25, 0.3) is 0 Å². The number of hydrogen-bond donors (Lipinski definition) is 1. The maximum atomic E-state index is 12.4. The molecule has 4 nitrogen and oxygen atoms in total. The molecule has 104 valence electrons. The Balaban J connectivity index is 1.89. The molecule has 0 bridgehead atoms. The molecule has 1 aliphatic heterocycles. The van der Waals surface area contributed by atoms with Crippen LogP contribution in [0.1, 0.15) is 45.4 Å². The molecule has 1 heterocycles. The topological polar surface area (TPSA) is 41.6 Å². The van der Waals surface area contributed by atoms with Crippen LogP contribution >= 0.6 is 0 Å². The summed E-state index contributed by atoms with van der Waals surface area (Å²) in [6, 6.07) is 0.0349. The van der Waals surface area contributed by atoms with Crippen molar-refractivity contribution in [1.29, 1.82) is 0 Å². The van der Waals surface area contributed by atoms with E-state index < -0.39 is 0 Å². The van der Waals surface area contributed by atoms with E-state index in [1.807, 2.05) is 4.90 Å². The van der Waals surface area contributed by atoms with Crippen LogP contribution in [0.2, 0.25) is 0 Å². The number of ether oxygens (including phenoxy) is 1. The molecule has 2 rings (SSSR count). The largest absolute Gasteiger partial charge is 0.376 e. The van der Waals surface area contributed by atoms with Gasteiger partial charge in [0, 0.05) is 20.2 Å². The lowest BCUT2D eigenvalue weighted by Gasteiger charge is -2.45. The van der Waals surface area contributed by atoms with E-state index in [2.05, 4.69) is 12.2 Å². The van der Waals surface area contributed by atoms with Crippen molar-refractivity contribution >= 4 is 5.91 Å². The summed E-state index contributed by atoms with van der Waals surface area (Å²) in [5.41, 5.74) is -0.0394. The van der Waals surface area contributed by atoms with Crippen molar-refractivity contribution in [3.63, 3.8) is 0 Å². The number of nitrogens with one attached hydrogen (secondary N) is 1. The molecule has 1 saturated carbocycles. The number of nitrogens with zero attached hydrogens (tertiary/aromatic N) is 1. The van der Waals surface area contributed by atoms with E-state index in [1.165, 1.54) is 6.42 Å². The highest BCUT2D eigenvalue weighted by Crippen LogP contribution is 2.36. The smallest absolute Gasteiger partial charge is 0.239 e. The number of amides is 1. The van der Waals surface area contributed by atoms with Crippen molar-refractivity contribution in [3.05, 3.63) is 0 Å². The Labute approximate surface area is 110 Å². The standard InChI is InChI=1S/C14H26N2O2/c1-3-9-15-12-6-4-10-16(13(12)17)11-14(18-2)7-5-8-14/h12,15H,3-11H2,1-2H3. The highest BCUT2D eigenvalue weighted by atomic mass is 16.5. The summed E-state index contributed by atoms with van der Waals surface area (Å²) in [5, 5.41) is 3.36. The van der Waals surface area contributed by atoms with Crippen molar-refractivity contribution in [1.82, 2.24) is 10.2 Å². The summed E-state index contributed by atoms with van der Waals surface area (Å²) in [4.78, 5) is 14.4. The fraction of sp³-hybridized carbons (Fsp3) is 0.929. The second-order valence-electron chi connectivity index (χ2n) is 5.65. The Bertz CT molecular complexity index is 284. The Hall–Kier alpha value is -0.610. The van der Waals surface area contributed by atoms with Gasteiger partial charge < -0.3 is 15.0 Å². The van der Waals surface area contributed by atoms with Gasteiger partial charge in [-0.15, -0.1) is 0 Å². The molecule has 0 spiro atoms. The highest BCUT2D eigenvalue weighted by Gasteiger charge is 2.41. The minimum absolute atomic E-state index is 0.0349.